The molecule has 2 N–H and O–H groups in total. The lowest BCUT2D eigenvalue weighted by molar-refractivity contribution is -0.121. The first-order valence-electron chi connectivity index (χ1n) is 10.0. The highest BCUT2D eigenvalue weighted by Gasteiger charge is 2.26. The number of methoxy groups -OCH3 is 1. The number of carbonyl (C=O) groups is 2. The van der Waals surface area contributed by atoms with Gasteiger partial charge < -0.3 is 14.8 Å². The van der Waals surface area contributed by atoms with Crippen LogP contribution in [-0.4, -0.2) is 30.7 Å². The van der Waals surface area contributed by atoms with Gasteiger partial charge in [-0.15, -0.1) is 11.3 Å². The first-order valence-corrected chi connectivity index (χ1v) is 11.2. The maximum atomic E-state index is 12.4. The van der Waals surface area contributed by atoms with E-state index in [2.05, 4.69) is 10.6 Å². The average Bonchev–Trinajstić information content (AvgIpc) is 3.14. The molecule has 6 nitrogen and oxygen atoms in total. The standard InChI is InChI=1S/C23H22N2O4S2/c1-28-22(27)20-16-10-4-5-12-18(16)31-21(20)25-23(30)24-19(26)13-29-17-11-6-8-14-7-2-3-9-15(14)17/h2-3,6-9,11H,4-5,10,12-13H2,1H3,(H2,24,25,26,30). The van der Waals surface area contributed by atoms with Crippen molar-refractivity contribution in [3.8, 4) is 5.75 Å². The molecule has 0 fully saturated rings. The highest BCUT2D eigenvalue weighted by Crippen LogP contribution is 2.38. The summed E-state index contributed by atoms with van der Waals surface area (Å²) in [5.74, 6) is -0.146. The second-order valence-corrected chi connectivity index (χ2v) is 8.69. The van der Waals surface area contributed by atoms with Crippen molar-refractivity contribution in [2.75, 3.05) is 19.0 Å². The number of carbonyl (C=O) groups excluding carboxylic acids is 2. The highest BCUT2D eigenvalue weighted by atomic mass is 32.1. The normalized spacial score (nSPS) is 12.7. The highest BCUT2D eigenvalue weighted by molar-refractivity contribution is 7.80. The summed E-state index contributed by atoms with van der Waals surface area (Å²) in [6, 6.07) is 13.5. The number of anilines is 1. The van der Waals surface area contributed by atoms with E-state index in [4.69, 9.17) is 21.7 Å². The first-order chi connectivity index (χ1) is 15.1. The van der Waals surface area contributed by atoms with Gasteiger partial charge in [-0.1, -0.05) is 36.4 Å². The van der Waals surface area contributed by atoms with Gasteiger partial charge in [-0.25, -0.2) is 4.79 Å². The number of esters is 1. The summed E-state index contributed by atoms with van der Waals surface area (Å²) in [6.45, 7) is -0.180. The fraction of sp³-hybridized carbons (Fsp3) is 0.261. The zero-order valence-corrected chi connectivity index (χ0v) is 18.7. The second-order valence-electron chi connectivity index (χ2n) is 7.17. The smallest absolute Gasteiger partial charge is 0.341 e. The van der Waals surface area contributed by atoms with Gasteiger partial charge in [0, 0.05) is 10.3 Å². The van der Waals surface area contributed by atoms with Crippen molar-refractivity contribution in [3.63, 3.8) is 0 Å². The number of rotatable bonds is 5. The Balaban J connectivity index is 1.40. The zero-order chi connectivity index (χ0) is 21.8. The van der Waals surface area contributed by atoms with Crippen molar-refractivity contribution in [3.05, 3.63) is 58.5 Å². The van der Waals surface area contributed by atoms with Gasteiger partial charge in [-0.3, -0.25) is 10.1 Å². The van der Waals surface area contributed by atoms with Gasteiger partial charge in [0.25, 0.3) is 5.91 Å². The minimum atomic E-state index is -0.393. The van der Waals surface area contributed by atoms with Gasteiger partial charge in [0.1, 0.15) is 10.8 Å². The van der Waals surface area contributed by atoms with Crippen LogP contribution in [0.2, 0.25) is 0 Å². The van der Waals surface area contributed by atoms with Crippen molar-refractivity contribution in [1.82, 2.24) is 5.32 Å². The molecule has 0 unspecified atom stereocenters. The van der Waals surface area contributed by atoms with Crippen LogP contribution in [0, 0.1) is 0 Å². The van der Waals surface area contributed by atoms with Crippen LogP contribution in [0.25, 0.3) is 10.8 Å². The molecule has 1 aromatic heterocycles. The molecular formula is C23H22N2O4S2. The predicted octanol–water partition coefficient (Wildman–Crippen LogP) is 4.46. The molecule has 4 rings (SSSR count). The Bertz CT molecular complexity index is 1150. The fourth-order valence-corrected chi connectivity index (χ4v) is 5.30. The van der Waals surface area contributed by atoms with Gasteiger partial charge in [-0.05, 0) is 54.9 Å². The van der Waals surface area contributed by atoms with Gasteiger partial charge in [-0.2, -0.15) is 0 Å². The van der Waals surface area contributed by atoms with Crippen molar-refractivity contribution < 1.29 is 19.1 Å². The topological polar surface area (TPSA) is 76.7 Å². The Labute approximate surface area is 189 Å². The molecule has 0 aliphatic heterocycles. The van der Waals surface area contributed by atoms with Crippen LogP contribution in [0.4, 0.5) is 5.00 Å². The van der Waals surface area contributed by atoms with Crippen LogP contribution >= 0.6 is 23.6 Å². The summed E-state index contributed by atoms with van der Waals surface area (Å²) < 4.78 is 10.7. The number of nitrogens with one attached hydrogen (secondary N) is 2. The molecule has 2 aromatic carbocycles. The van der Waals surface area contributed by atoms with Gasteiger partial charge in [0.05, 0.1) is 12.7 Å². The molecule has 0 atom stereocenters. The van der Waals surface area contributed by atoms with E-state index < -0.39 is 5.97 Å². The number of thiophene rings is 1. The SMILES string of the molecule is COC(=O)c1c(NC(=S)NC(=O)COc2cccc3ccccc23)sc2c1CCCC2. The van der Waals surface area contributed by atoms with Crippen LogP contribution in [0.1, 0.15) is 33.6 Å². The predicted molar refractivity (Wildman–Crippen MR) is 126 cm³/mol. The molecule has 0 saturated heterocycles. The van der Waals surface area contributed by atoms with E-state index in [1.165, 1.54) is 23.3 Å². The average molecular weight is 455 g/mol. The summed E-state index contributed by atoms with van der Waals surface area (Å²) in [5, 5.41) is 8.33. The minimum absolute atomic E-state index is 0.121. The Kier molecular flexibility index (Phi) is 6.48. The van der Waals surface area contributed by atoms with Crippen LogP contribution in [0.15, 0.2) is 42.5 Å². The number of hydrogen-bond donors (Lipinski definition) is 2. The molecule has 0 radical (unpaired) electrons. The number of amides is 1. The number of ether oxygens (including phenoxy) is 2. The lowest BCUT2D eigenvalue weighted by Crippen LogP contribution is -2.37. The number of aryl methyl sites for hydroxylation is 1. The third-order valence-electron chi connectivity index (χ3n) is 5.15. The molecule has 3 aromatic rings. The van der Waals surface area contributed by atoms with Crippen molar-refractivity contribution in [1.29, 1.82) is 0 Å². The third-order valence-corrected chi connectivity index (χ3v) is 6.56. The van der Waals surface area contributed by atoms with E-state index in [-0.39, 0.29) is 17.6 Å². The zero-order valence-electron chi connectivity index (χ0n) is 17.0. The summed E-state index contributed by atoms with van der Waals surface area (Å²) >= 11 is 6.79. The summed E-state index contributed by atoms with van der Waals surface area (Å²) in [6.07, 6.45) is 3.92. The summed E-state index contributed by atoms with van der Waals surface area (Å²) in [7, 11) is 1.36. The van der Waals surface area contributed by atoms with Crippen LogP contribution in [-0.2, 0) is 22.4 Å². The van der Waals surface area contributed by atoms with Gasteiger partial charge in [0.15, 0.2) is 11.7 Å². The molecule has 1 aliphatic carbocycles. The maximum absolute atomic E-state index is 12.4. The quantitative estimate of drug-likeness (QED) is 0.438. The molecule has 0 spiro atoms. The lowest BCUT2D eigenvalue weighted by Gasteiger charge is -2.13. The minimum Gasteiger partial charge on any atom is -0.483 e. The van der Waals surface area contributed by atoms with Crippen LogP contribution in [0.3, 0.4) is 0 Å². The molecule has 1 amide bonds. The molecular weight excluding hydrogens is 432 g/mol. The van der Waals surface area contributed by atoms with E-state index >= 15 is 0 Å². The Morgan fingerprint density at radius 1 is 1.10 bits per heavy atom. The van der Waals surface area contributed by atoms with E-state index in [9.17, 15) is 9.59 Å². The van der Waals surface area contributed by atoms with Crippen molar-refractivity contribution in [2.24, 2.45) is 0 Å². The number of hydrogen-bond acceptors (Lipinski definition) is 6. The first kappa shape index (κ1) is 21.3. The number of fused-ring (bicyclic) bond motifs is 2. The largest absolute Gasteiger partial charge is 0.483 e. The summed E-state index contributed by atoms with van der Waals surface area (Å²) in [5.41, 5.74) is 1.55. The van der Waals surface area contributed by atoms with Crippen molar-refractivity contribution >= 4 is 56.3 Å². The molecule has 1 aliphatic rings. The Morgan fingerprint density at radius 3 is 2.71 bits per heavy atom. The molecule has 0 saturated carbocycles. The molecule has 31 heavy (non-hydrogen) atoms. The van der Waals surface area contributed by atoms with E-state index in [0.717, 1.165) is 42.0 Å². The monoisotopic (exact) mass is 454 g/mol. The fourth-order valence-electron chi connectivity index (χ4n) is 3.73. The van der Waals surface area contributed by atoms with E-state index in [0.29, 0.717) is 16.3 Å². The second kappa shape index (κ2) is 9.45. The summed E-state index contributed by atoms with van der Waals surface area (Å²) in [4.78, 5) is 25.9. The molecule has 1 heterocycles. The number of thiocarbonyl (C=S) groups is 1. The van der Waals surface area contributed by atoms with E-state index in [1.54, 1.807) is 0 Å². The third kappa shape index (κ3) is 4.70. The molecule has 160 valence electrons. The number of benzene rings is 2. The lowest BCUT2D eigenvalue weighted by atomic mass is 9.95. The van der Waals surface area contributed by atoms with Crippen molar-refractivity contribution in [2.45, 2.75) is 25.7 Å². The Morgan fingerprint density at radius 2 is 1.87 bits per heavy atom. The molecule has 0 bridgehead atoms. The van der Waals surface area contributed by atoms with Gasteiger partial charge >= 0.3 is 5.97 Å². The van der Waals surface area contributed by atoms with Crippen LogP contribution < -0.4 is 15.4 Å². The Hall–Kier alpha value is -2.97. The van der Waals surface area contributed by atoms with Gasteiger partial charge in [0.2, 0.25) is 0 Å². The maximum Gasteiger partial charge on any atom is 0.341 e. The van der Waals surface area contributed by atoms with Crippen LogP contribution in [0.5, 0.6) is 5.75 Å². The van der Waals surface area contributed by atoms with E-state index in [1.807, 2.05) is 42.5 Å². The molecule has 8 heteroatoms.